The second-order valence-electron chi connectivity index (χ2n) is 3.14. The third-order valence-corrected chi connectivity index (χ3v) is 2.61. The molecule has 0 spiro atoms. The third-order valence-electron chi connectivity index (χ3n) is 2.10. The number of amidine groups is 1. The fourth-order valence-corrected chi connectivity index (χ4v) is 1.48. The zero-order valence-electron chi connectivity index (χ0n) is 8.87. The van der Waals surface area contributed by atoms with E-state index in [1.165, 1.54) is 11.8 Å². The van der Waals surface area contributed by atoms with E-state index in [2.05, 4.69) is 9.98 Å². The van der Waals surface area contributed by atoms with Crippen molar-refractivity contribution < 1.29 is 0 Å². The molecule has 0 amide bonds. The molecule has 0 radical (unpaired) electrons. The first kappa shape index (κ1) is 10.8. The van der Waals surface area contributed by atoms with Crippen LogP contribution in [0.3, 0.4) is 0 Å². The summed E-state index contributed by atoms with van der Waals surface area (Å²) >= 11 is 1.43. The van der Waals surface area contributed by atoms with E-state index in [0.29, 0.717) is 5.17 Å². The first-order chi connectivity index (χ1) is 7.79. The largest absolute Gasteiger partial charge is 0.378 e. The Balaban J connectivity index is 2.23. The quantitative estimate of drug-likeness (QED) is 0.637. The predicted octanol–water partition coefficient (Wildman–Crippen LogP) is 2.18. The van der Waals surface area contributed by atoms with Crippen LogP contribution in [-0.2, 0) is 0 Å². The smallest absolute Gasteiger partial charge is 0.158 e. The van der Waals surface area contributed by atoms with Crippen molar-refractivity contribution in [2.45, 2.75) is 0 Å². The molecule has 2 N–H and O–H groups in total. The average Bonchev–Trinajstić information content (AvgIpc) is 2.83. The summed E-state index contributed by atoms with van der Waals surface area (Å²) in [7, 11) is 0. The van der Waals surface area contributed by atoms with Gasteiger partial charge < -0.3 is 10.3 Å². The monoisotopic (exact) mass is 232 g/mol. The number of rotatable bonds is 2. The minimum absolute atomic E-state index is 0.565. The van der Waals surface area contributed by atoms with Gasteiger partial charge in [0, 0.05) is 18.1 Å². The Morgan fingerprint density at radius 2 is 2.12 bits per heavy atom. The Morgan fingerprint density at radius 3 is 2.69 bits per heavy atom. The number of imidazole rings is 1. The second kappa shape index (κ2) is 4.85. The zero-order chi connectivity index (χ0) is 11.4. The van der Waals surface area contributed by atoms with Gasteiger partial charge in [0.25, 0.3) is 0 Å². The molecule has 0 unspecified atom stereocenters. The van der Waals surface area contributed by atoms with Crippen LogP contribution in [-0.4, -0.2) is 21.0 Å². The van der Waals surface area contributed by atoms with Gasteiger partial charge in [-0.3, -0.25) is 0 Å². The number of aromatic nitrogens is 2. The van der Waals surface area contributed by atoms with Crippen LogP contribution < -0.4 is 5.73 Å². The van der Waals surface area contributed by atoms with Gasteiger partial charge in [-0.25, -0.2) is 9.98 Å². The SMILES string of the molecule is CSC(N)=Nc1ccc(-n2ccnc2)cc1. The summed E-state index contributed by atoms with van der Waals surface area (Å²) < 4.78 is 1.94. The standard InChI is InChI=1S/C11H12N4S/c1-16-11(12)14-9-2-4-10(5-3-9)15-7-6-13-8-15/h2-8H,1H3,(H2,12,14). The van der Waals surface area contributed by atoms with Gasteiger partial charge in [0.2, 0.25) is 0 Å². The number of aliphatic imine (C=N–C) groups is 1. The van der Waals surface area contributed by atoms with Gasteiger partial charge in [-0.2, -0.15) is 0 Å². The van der Waals surface area contributed by atoms with Crippen LogP contribution in [0, 0.1) is 0 Å². The van der Waals surface area contributed by atoms with Crippen LogP contribution >= 0.6 is 11.8 Å². The Hall–Kier alpha value is -1.75. The molecule has 0 aliphatic heterocycles. The normalized spacial score (nSPS) is 11.7. The molecule has 0 bridgehead atoms. The number of benzene rings is 1. The number of hydrogen-bond acceptors (Lipinski definition) is 3. The van der Waals surface area contributed by atoms with Crippen molar-refractivity contribution in [1.29, 1.82) is 0 Å². The fourth-order valence-electron chi connectivity index (χ4n) is 1.28. The fraction of sp³-hybridized carbons (Fsp3) is 0.0909. The van der Waals surface area contributed by atoms with Gasteiger partial charge in [0.1, 0.15) is 0 Å². The van der Waals surface area contributed by atoms with Crippen LogP contribution in [0.25, 0.3) is 5.69 Å². The van der Waals surface area contributed by atoms with Crippen molar-refractivity contribution in [3.8, 4) is 5.69 Å². The van der Waals surface area contributed by atoms with Crippen molar-refractivity contribution in [1.82, 2.24) is 9.55 Å². The Kier molecular flexibility index (Phi) is 3.26. The molecule has 4 nitrogen and oxygen atoms in total. The highest BCUT2D eigenvalue weighted by Gasteiger charge is 1.96. The van der Waals surface area contributed by atoms with Crippen molar-refractivity contribution in [2.75, 3.05) is 6.26 Å². The summed E-state index contributed by atoms with van der Waals surface area (Å²) in [4.78, 5) is 8.23. The molecule has 2 rings (SSSR count). The third kappa shape index (κ3) is 2.43. The molecule has 0 saturated heterocycles. The maximum atomic E-state index is 5.64. The lowest BCUT2D eigenvalue weighted by Crippen LogP contribution is -2.04. The highest BCUT2D eigenvalue weighted by molar-refractivity contribution is 8.13. The van der Waals surface area contributed by atoms with E-state index in [1.807, 2.05) is 41.3 Å². The topological polar surface area (TPSA) is 56.2 Å². The first-order valence-electron chi connectivity index (χ1n) is 4.76. The van der Waals surface area contributed by atoms with E-state index in [0.717, 1.165) is 11.4 Å². The molecule has 1 aromatic carbocycles. The molecule has 16 heavy (non-hydrogen) atoms. The lowest BCUT2D eigenvalue weighted by Gasteiger charge is -2.02. The van der Waals surface area contributed by atoms with Crippen molar-refractivity contribution >= 4 is 22.6 Å². The van der Waals surface area contributed by atoms with E-state index in [1.54, 1.807) is 12.5 Å². The van der Waals surface area contributed by atoms with Gasteiger partial charge in [-0.1, -0.05) is 11.8 Å². The Bertz CT molecular complexity index is 473. The first-order valence-corrected chi connectivity index (χ1v) is 5.98. The highest BCUT2D eigenvalue weighted by atomic mass is 32.2. The van der Waals surface area contributed by atoms with Gasteiger partial charge in [0.15, 0.2) is 5.17 Å². The van der Waals surface area contributed by atoms with Gasteiger partial charge >= 0.3 is 0 Å². The molecule has 0 fully saturated rings. The van der Waals surface area contributed by atoms with Gasteiger partial charge in [-0.05, 0) is 30.5 Å². The molecule has 1 aromatic heterocycles. The zero-order valence-corrected chi connectivity index (χ0v) is 9.69. The van der Waals surface area contributed by atoms with E-state index in [9.17, 15) is 0 Å². The molecule has 2 aromatic rings. The van der Waals surface area contributed by atoms with Crippen LogP contribution in [0.2, 0.25) is 0 Å². The highest BCUT2D eigenvalue weighted by Crippen LogP contribution is 2.16. The Morgan fingerprint density at radius 1 is 1.38 bits per heavy atom. The molecule has 1 heterocycles. The van der Waals surface area contributed by atoms with Crippen LogP contribution in [0.1, 0.15) is 0 Å². The molecule has 5 heteroatoms. The van der Waals surface area contributed by atoms with Gasteiger partial charge in [-0.15, -0.1) is 0 Å². The summed E-state index contributed by atoms with van der Waals surface area (Å²) in [5, 5.41) is 0.565. The summed E-state index contributed by atoms with van der Waals surface area (Å²) in [6.45, 7) is 0. The van der Waals surface area contributed by atoms with E-state index in [-0.39, 0.29) is 0 Å². The minimum atomic E-state index is 0.565. The number of nitrogens with two attached hydrogens (primary N) is 1. The van der Waals surface area contributed by atoms with E-state index >= 15 is 0 Å². The second-order valence-corrected chi connectivity index (χ2v) is 3.97. The summed E-state index contributed by atoms with van der Waals surface area (Å²) in [5.74, 6) is 0. The van der Waals surface area contributed by atoms with Crippen molar-refractivity contribution in [3.63, 3.8) is 0 Å². The molecule has 82 valence electrons. The summed E-state index contributed by atoms with van der Waals surface area (Å²) in [5.41, 5.74) is 7.55. The molecular weight excluding hydrogens is 220 g/mol. The van der Waals surface area contributed by atoms with E-state index in [4.69, 9.17) is 5.73 Å². The van der Waals surface area contributed by atoms with Crippen LogP contribution in [0.4, 0.5) is 5.69 Å². The van der Waals surface area contributed by atoms with Crippen molar-refractivity contribution in [3.05, 3.63) is 43.0 Å². The number of hydrogen-bond donors (Lipinski definition) is 1. The summed E-state index contributed by atoms with van der Waals surface area (Å²) in [6.07, 6.45) is 7.31. The maximum Gasteiger partial charge on any atom is 0.158 e. The van der Waals surface area contributed by atoms with Crippen LogP contribution in [0.15, 0.2) is 48.0 Å². The lowest BCUT2D eigenvalue weighted by atomic mass is 10.3. The molecule has 0 atom stereocenters. The van der Waals surface area contributed by atoms with Crippen LogP contribution in [0.5, 0.6) is 0 Å². The minimum Gasteiger partial charge on any atom is -0.378 e. The number of thioether (sulfide) groups is 1. The maximum absolute atomic E-state index is 5.64. The molecule has 0 aliphatic rings. The molecule has 0 aliphatic carbocycles. The Labute approximate surface area is 98.2 Å². The van der Waals surface area contributed by atoms with Gasteiger partial charge in [0.05, 0.1) is 12.0 Å². The lowest BCUT2D eigenvalue weighted by molar-refractivity contribution is 1.06. The predicted molar refractivity (Wildman–Crippen MR) is 68.4 cm³/mol. The van der Waals surface area contributed by atoms with E-state index < -0.39 is 0 Å². The molecular formula is C11H12N4S. The average molecular weight is 232 g/mol. The number of nitrogens with zero attached hydrogens (tertiary/aromatic N) is 3. The molecule has 0 saturated carbocycles. The van der Waals surface area contributed by atoms with Crippen molar-refractivity contribution in [2.24, 2.45) is 10.7 Å². The summed E-state index contributed by atoms with van der Waals surface area (Å²) in [6, 6.07) is 7.82.